The number of rotatable bonds is 6. The molecule has 0 spiro atoms. The summed E-state index contributed by atoms with van der Waals surface area (Å²) in [6, 6.07) is 13.7. The molecule has 0 heterocycles. The Labute approximate surface area is 143 Å². The van der Waals surface area contributed by atoms with Gasteiger partial charge in [0.05, 0.1) is 18.7 Å². The van der Waals surface area contributed by atoms with Crippen LogP contribution in [-0.2, 0) is 11.2 Å². The molecule has 2 aromatic carbocycles. The molecule has 0 aliphatic rings. The normalized spacial score (nSPS) is 11.2. The lowest BCUT2D eigenvalue weighted by molar-refractivity contribution is -0.120. The Morgan fingerprint density at radius 3 is 2.42 bits per heavy atom. The number of hydrogen-bond acceptors (Lipinski definition) is 3. The molecule has 0 aliphatic heterocycles. The molecule has 2 rings (SSSR count). The van der Waals surface area contributed by atoms with E-state index >= 15 is 0 Å². The summed E-state index contributed by atoms with van der Waals surface area (Å²) in [5.74, 6) is 0.674. The van der Waals surface area contributed by atoms with Crippen LogP contribution in [0.1, 0.15) is 36.1 Å². The molecule has 0 aromatic heterocycles. The smallest absolute Gasteiger partial charge is 0.244 e. The fourth-order valence-corrected chi connectivity index (χ4v) is 2.27. The van der Waals surface area contributed by atoms with Crippen molar-refractivity contribution in [3.8, 4) is 5.75 Å². The van der Waals surface area contributed by atoms with Gasteiger partial charge >= 0.3 is 0 Å². The lowest BCUT2D eigenvalue weighted by atomic mass is 10.0. The van der Waals surface area contributed by atoms with Gasteiger partial charge in [-0.2, -0.15) is 5.10 Å². The van der Waals surface area contributed by atoms with Gasteiger partial charge in [-0.05, 0) is 68.1 Å². The van der Waals surface area contributed by atoms with Crippen molar-refractivity contribution < 1.29 is 9.53 Å². The van der Waals surface area contributed by atoms with Gasteiger partial charge in [-0.3, -0.25) is 4.79 Å². The van der Waals surface area contributed by atoms with E-state index in [0.717, 1.165) is 22.6 Å². The highest BCUT2D eigenvalue weighted by molar-refractivity contribution is 5.99. The van der Waals surface area contributed by atoms with E-state index in [-0.39, 0.29) is 12.3 Å². The minimum Gasteiger partial charge on any atom is -0.494 e. The Morgan fingerprint density at radius 2 is 1.79 bits per heavy atom. The molecule has 0 saturated carbocycles. The average Bonchev–Trinajstić information content (AvgIpc) is 2.57. The quantitative estimate of drug-likeness (QED) is 0.649. The Hall–Kier alpha value is -2.62. The van der Waals surface area contributed by atoms with Crippen LogP contribution in [0.25, 0.3) is 0 Å². The third-order valence-corrected chi connectivity index (χ3v) is 3.87. The highest BCUT2D eigenvalue weighted by atomic mass is 16.5. The number of benzene rings is 2. The average molecular weight is 324 g/mol. The van der Waals surface area contributed by atoms with Gasteiger partial charge < -0.3 is 4.74 Å². The Kier molecular flexibility index (Phi) is 6.13. The minimum atomic E-state index is -0.137. The summed E-state index contributed by atoms with van der Waals surface area (Å²) in [6.45, 7) is 8.60. The molecule has 1 amide bonds. The first-order chi connectivity index (χ1) is 11.5. The molecule has 0 saturated heterocycles. The van der Waals surface area contributed by atoms with Crippen LogP contribution in [0.15, 0.2) is 47.6 Å². The Balaban J connectivity index is 1.94. The maximum Gasteiger partial charge on any atom is 0.244 e. The van der Waals surface area contributed by atoms with E-state index in [9.17, 15) is 4.79 Å². The van der Waals surface area contributed by atoms with Crippen molar-refractivity contribution in [3.05, 3.63) is 64.7 Å². The van der Waals surface area contributed by atoms with E-state index in [1.165, 1.54) is 11.1 Å². The van der Waals surface area contributed by atoms with Gasteiger partial charge in [0.2, 0.25) is 5.91 Å². The Bertz CT molecular complexity index is 734. The number of ether oxygens (including phenoxy) is 1. The second kappa shape index (κ2) is 8.29. The molecule has 2 aromatic rings. The van der Waals surface area contributed by atoms with E-state index in [1.54, 1.807) is 0 Å². The van der Waals surface area contributed by atoms with Crippen LogP contribution >= 0.6 is 0 Å². The maximum atomic E-state index is 12.0. The molecule has 126 valence electrons. The van der Waals surface area contributed by atoms with Gasteiger partial charge in [-0.1, -0.05) is 24.3 Å². The molecule has 0 fully saturated rings. The predicted octanol–water partition coefficient (Wildman–Crippen LogP) is 3.79. The first-order valence-corrected chi connectivity index (χ1v) is 8.12. The van der Waals surface area contributed by atoms with Crippen LogP contribution in [0, 0.1) is 13.8 Å². The molecule has 4 heteroatoms. The van der Waals surface area contributed by atoms with Crippen molar-refractivity contribution >= 4 is 11.6 Å². The molecule has 0 unspecified atom stereocenters. The van der Waals surface area contributed by atoms with Crippen LogP contribution in [0.2, 0.25) is 0 Å². The highest BCUT2D eigenvalue weighted by Crippen LogP contribution is 2.13. The second-order valence-corrected chi connectivity index (χ2v) is 5.78. The van der Waals surface area contributed by atoms with Gasteiger partial charge in [0.15, 0.2) is 0 Å². The molecule has 0 bridgehead atoms. The molecule has 0 atom stereocenters. The number of nitrogens with zero attached hydrogens (tertiary/aromatic N) is 1. The number of amides is 1. The van der Waals surface area contributed by atoms with Crippen molar-refractivity contribution in [2.24, 2.45) is 5.10 Å². The molecule has 0 radical (unpaired) electrons. The van der Waals surface area contributed by atoms with E-state index in [0.29, 0.717) is 6.61 Å². The number of nitrogens with one attached hydrogen (secondary N) is 1. The lowest BCUT2D eigenvalue weighted by Crippen LogP contribution is -2.21. The number of carbonyl (C=O) groups excluding carboxylic acids is 1. The van der Waals surface area contributed by atoms with Crippen molar-refractivity contribution in [1.29, 1.82) is 0 Å². The van der Waals surface area contributed by atoms with Crippen molar-refractivity contribution in [2.45, 2.75) is 34.1 Å². The van der Waals surface area contributed by atoms with E-state index in [4.69, 9.17) is 4.74 Å². The molecule has 1 N–H and O–H groups in total. The maximum absolute atomic E-state index is 12.0. The van der Waals surface area contributed by atoms with Crippen LogP contribution in [0.3, 0.4) is 0 Å². The topological polar surface area (TPSA) is 50.7 Å². The number of carbonyl (C=O) groups is 1. The summed E-state index contributed by atoms with van der Waals surface area (Å²) in [7, 11) is 0. The van der Waals surface area contributed by atoms with E-state index in [2.05, 4.69) is 36.5 Å². The first kappa shape index (κ1) is 17.7. The lowest BCUT2D eigenvalue weighted by Gasteiger charge is -2.06. The third kappa shape index (κ3) is 4.95. The van der Waals surface area contributed by atoms with E-state index < -0.39 is 0 Å². The first-order valence-electron chi connectivity index (χ1n) is 8.12. The monoisotopic (exact) mass is 324 g/mol. The molecular formula is C20H24N2O2. The van der Waals surface area contributed by atoms with Crippen LogP contribution < -0.4 is 10.2 Å². The molecule has 4 nitrogen and oxygen atoms in total. The molecule has 24 heavy (non-hydrogen) atoms. The zero-order chi connectivity index (χ0) is 17.5. The van der Waals surface area contributed by atoms with Gasteiger partial charge in [-0.25, -0.2) is 5.43 Å². The summed E-state index contributed by atoms with van der Waals surface area (Å²) < 4.78 is 5.39. The summed E-state index contributed by atoms with van der Waals surface area (Å²) in [5.41, 5.74) is 7.80. The van der Waals surface area contributed by atoms with Crippen LogP contribution in [0.5, 0.6) is 5.75 Å². The van der Waals surface area contributed by atoms with Gasteiger partial charge in [0.25, 0.3) is 0 Å². The largest absolute Gasteiger partial charge is 0.494 e. The third-order valence-electron chi connectivity index (χ3n) is 3.87. The van der Waals surface area contributed by atoms with Gasteiger partial charge in [0, 0.05) is 0 Å². The standard InChI is InChI=1S/C20H24N2O2/c1-5-24-19-10-7-17(8-11-19)13-20(23)22-21-16(4)18-9-6-14(2)15(3)12-18/h6-12H,5,13H2,1-4H3,(H,22,23)/b21-16-. The van der Waals surface area contributed by atoms with E-state index in [1.807, 2.05) is 44.2 Å². The number of aryl methyl sites for hydroxylation is 2. The summed E-state index contributed by atoms with van der Waals surface area (Å²) in [4.78, 5) is 12.0. The van der Waals surface area contributed by atoms with Crippen LogP contribution in [0.4, 0.5) is 0 Å². The SMILES string of the molecule is CCOc1ccc(CC(=O)N/N=C(/C)c2ccc(C)c(C)c2)cc1. The fraction of sp³-hybridized carbons (Fsp3) is 0.300. The van der Waals surface area contributed by atoms with Crippen molar-refractivity contribution in [3.63, 3.8) is 0 Å². The zero-order valence-corrected chi connectivity index (χ0v) is 14.7. The Morgan fingerprint density at radius 1 is 1.08 bits per heavy atom. The highest BCUT2D eigenvalue weighted by Gasteiger charge is 2.04. The zero-order valence-electron chi connectivity index (χ0n) is 14.7. The molecular weight excluding hydrogens is 300 g/mol. The van der Waals surface area contributed by atoms with Crippen molar-refractivity contribution in [2.75, 3.05) is 6.61 Å². The minimum absolute atomic E-state index is 0.137. The summed E-state index contributed by atoms with van der Waals surface area (Å²) >= 11 is 0. The van der Waals surface area contributed by atoms with Crippen molar-refractivity contribution in [1.82, 2.24) is 5.43 Å². The summed E-state index contributed by atoms with van der Waals surface area (Å²) in [6.07, 6.45) is 0.288. The van der Waals surface area contributed by atoms with Gasteiger partial charge in [-0.15, -0.1) is 0 Å². The summed E-state index contributed by atoms with van der Waals surface area (Å²) in [5, 5.41) is 4.20. The fourth-order valence-electron chi connectivity index (χ4n) is 2.27. The second-order valence-electron chi connectivity index (χ2n) is 5.78. The number of hydrazone groups is 1. The van der Waals surface area contributed by atoms with Gasteiger partial charge in [0.1, 0.15) is 5.75 Å². The predicted molar refractivity (Wildman–Crippen MR) is 97.6 cm³/mol. The number of hydrogen-bond donors (Lipinski definition) is 1. The van der Waals surface area contributed by atoms with Crippen LogP contribution in [-0.4, -0.2) is 18.2 Å². The molecule has 0 aliphatic carbocycles.